The van der Waals surface area contributed by atoms with Crippen molar-refractivity contribution in [2.75, 3.05) is 6.61 Å². The Hall–Kier alpha value is -2.01. The van der Waals surface area contributed by atoms with Crippen molar-refractivity contribution in [1.82, 2.24) is 0 Å². The normalized spacial score (nSPS) is 22.1. The van der Waals surface area contributed by atoms with Crippen molar-refractivity contribution in [2.45, 2.75) is 116 Å². The van der Waals surface area contributed by atoms with Crippen LogP contribution in [0.25, 0.3) is 0 Å². The van der Waals surface area contributed by atoms with Gasteiger partial charge in [0.2, 0.25) is 0 Å². The van der Waals surface area contributed by atoms with Crippen molar-refractivity contribution >= 4 is 5.97 Å². The van der Waals surface area contributed by atoms with E-state index in [0.717, 1.165) is 23.3 Å². The summed E-state index contributed by atoms with van der Waals surface area (Å²) in [6, 6.07) is 4.02. The second kappa shape index (κ2) is 10.7. The highest BCUT2D eigenvalue weighted by Gasteiger charge is 2.47. The first-order valence-corrected chi connectivity index (χ1v) is 13.1. The van der Waals surface area contributed by atoms with E-state index >= 15 is 0 Å². The van der Waals surface area contributed by atoms with Crippen molar-refractivity contribution in [3.8, 4) is 11.5 Å². The van der Waals surface area contributed by atoms with Crippen molar-refractivity contribution < 1.29 is 24.5 Å². The molecule has 190 valence electrons. The van der Waals surface area contributed by atoms with Crippen LogP contribution in [-0.2, 0) is 14.9 Å². The Labute approximate surface area is 205 Å². The fraction of sp³-hybridized carbons (Fsp3) is 0.690. The van der Waals surface area contributed by atoms with E-state index in [2.05, 4.69) is 40.7 Å². The van der Waals surface area contributed by atoms with Crippen molar-refractivity contribution in [1.29, 1.82) is 0 Å². The minimum Gasteiger partial charge on any atom is -0.508 e. The van der Waals surface area contributed by atoms with Crippen LogP contribution in [0.1, 0.15) is 110 Å². The Morgan fingerprint density at radius 3 is 2.62 bits per heavy atom. The van der Waals surface area contributed by atoms with Gasteiger partial charge in [-0.2, -0.15) is 0 Å². The third kappa shape index (κ3) is 5.62. The summed E-state index contributed by atoms with van der Waals surface area (Å²) in [4.78, 5) is 12.8. The molecule has 0 spiro atoms. The maximum Gasteiger partial charge on any atom is 0.334 e. The molecule has 1 heterocycles. The van der Waals surface area contributed by atoms with Crippen LogP contribution in [-0.4, -0.2) is 34.5 Å². The number of aliphatic hydroxyl groups is 1. The van der Waals surface area contributed by atoms with E-state index in [1.54, 1.807) is 0 Å². The fourth-order valence-electron chi connectivity index (χ4n) is 5.57. The molecule has 1 unspecified atom stereocenters. The first-order chi connectivity index (χ1) is 16.0. The molecule has 34 heavy (non-hydrogen) atoms. The summed E-state index contributed by atoms with van der Waals surface area (Å²) in [6.07, 6.45) is 9.14. The third-order valence-corrected chi connectivity index (χ3v) is 7.93. The topological polar surface area (TPSA) is 76.0 Å². The molecule has 0 amide bonds. The standard InChI is InChI=1S/C29H44O5/c1-7-9-10-11-14-28(3,4)20-16-24(31)26-22-15-19(27(32)33-21(8-2)18-30)12-13-23(22)29(5,6)34-25(26)17-20/h12,16-17,21-23,30-31H,7-11,13-15,18H2,1-6H3/t21?,22-,23-/m1/s1. The van der Waals surface area contributed by atoms with E-state index in [9.17, 15) is 15.0 Å². The predicted octanol–water partition coefficient (Wildman–Crippen LogP) is 6.55. The summed E-state index contributed by atoms with van der Waals surface area (Å²) in [5, 5.41) is 20.6. The van der Waals surface area contributed by atoms with E-state index in [-0.39, 0.29) is 35.6 Å². The average molecular weight is 473 g/mol. The zero-order chi connectivity index (χ0) is 25.1. The minimum absolute atomic E-state index is 0.0257. The highest BCUT2D eigenvalue weighted by molar-refractivity contribution is 5.89. The summed E-state index contributed by atoms with van der Waals surface area (Å²) in [5.41, 5.74) is 2.04. The van der Waals surface area contributed by atoms with Gasteiger partial charge in [-0.3, -0.25) is 0 Å². The van der Waals surface area contributed by atoms with Gasteiger partial charge in [-0.1, -0.05) is 59.5 Å². The summed E-state index contributed by atoms with van der Waals surface area (Å²) in [6.45, 7) is 12.6. The van der Waals surface area contributed by atoms with Crippen molar-refractivity contribution in [2.24, 2.45) is 5.92 Å². The fourth-order valence-corrected chi connectivity index (χ4v) is 5.57. The zero-order valence-electron chi connectivity index (χ0n) is 21.9. The van der Waals surface area contributed by atoms with Crippen LogP contribution in [0.3, 0.4) is 0 Å². The van der Waals surface area contributed by atoms with E-state index in [0.29, 0.717) is 24.8 Å². The lowest BCUT2D eigenvalue weighted by molar-refractivity contribution is -0.147. The average Bonchev–Trinajstić information content (AvgIpc) is 2.79. The predicted molar refractivity (Wildman–Crippen MR) is 135 cm³/mol. The molecule has 0 saturated carbocycles. The Balaban J connectivity index is 1.89. The van der Waals surface area contributed by atoms with Gasteiger partial charge >= 0.3 is 5.97 Å². The van der Waals surface area contributed by atoms with Crippen LogP contribution in [0.5, 0.6) is 11.5 Å². The maximum atomic E-state index is 12.8. The van der Waals surface area contributed by atoms with Gasteiger partial charge in [0.25, 0.3) is 0 Å². The van der Waals surface area contributed by atoms with Crippen molar-refractivity contribution in [3.05, 3.63) is 34.9 Å². The van der Waals surface area contributed by atoms with E-state index in [1.165, 1.54) is 25.7 Å². The quantitative estimate of drug-likeness (QED) is 0.298. The molecule has 3 atom stereocenters. The van der Waals surface area contributed by atoms with E-state index in [1.807, 2.05) is 19.1 Å². The Morgan fingerprint density at radius 2 is 1.97 bits per heavy atom. The molecule has 5 heteroatoms. The summed E-state index contributed by atoms with van der Waals surface area (Å²) in [5.74, 6) is 0.752. The summed E-state index contributed by atoms with van der Waals surface area (Å²) >= 11 is 0. The smallest absolute Gasteiger partial charge is 0.334 e. The van der Waals surface area contributed by atoms with Gasteiger partial charge in [-0.25, -0.2) is 4.79 Å². The first-order valence-electron chi connectivity index (χ1n) is 13.1. The van der Waals surface area contributed by atoms with Gasteiger partial charge in [-0.15, -0.1) is 0 Å². The maximum absolute atomic E-state index is 12.8. The van der Waals surface area contributed by atoms with Crippen LogP contribution in [0, 0.1) is 5.92 Å². The number of rotatable bonds is 10. The van der Waals surface area contributed by atoms with Gasteiger partial charge in [0.15, 0.2) is 0 Å². The van der Waals surface area contributed by atoms with Gasteiger partial charge in [0, 0.05) is 23.0 Å². The number of hydrogen-bond donors (Lipinski definition) is 2. The number of carbonyl (C=O) groups excluding carboxylic acids is 1. The molecule has 3 rings (SSSR count). The lowest BCUT2D eigenvalue weighted by Crippen LogP contribution is -2.46. The number of ether oxygens (including phenoxy) is 2. The van der Waals surface area contributed by atoms with Gasteiger partial charge < -0.3 is 19.7 Å². The second-order valence-corrected chi connectivity index (χ2v) is 11.3. The number of unbranched alkanes of at least 4 members (excludes halogenated alkanes) is 3. The van der Waals surface area contributed by atoms with E-state index < -0.39 is 11.7 Å². The highest BCUT2D eigenvalue weighted by Crippen LogP contribution is 2.55. The lowest BCUT2D eigenvalue weighted by atomic mass is 9.66. The summed E-state index contributed by atoms with van der Waals surface area (Å²) < 4.78 is 12.0. The molecule has 1 aliphatic carbocycles. The second-order valence-electron chi connectivity index (χ2n) is 11.3. The number of allylic oxidation sites excluding steroid dienone is 1. The molecule has 5 nitrogen and oxygen atoms in total. The largest absolute Gasteiger partial charge is 0.508 e. The SMILES string of the molecule is CCCCCCC(C)(C)c1cc(O)c2c(c1)OC(C)(C)[C@@H]1CC=C(C(=O)OC(CC)CO)C[C@@H]21. The molecular formula is C29H44O5. The van der Waals surface area contributed by atoms with Gasteiger partial charge in [-0.05, 0) is 62.6 Å². The molecule has 2 aliphatic rings. The van der Waals surface area contributed by atoms with E-state index in [4.69, 9.17) is 9.47 Å². The van der Waals surface area contributed by atoms with Gasteiger partial charge in [0.05, 0.1) is 6.61 Å². The number of phenolic OH excluding ortho intramolecular Hbond substituents is 1. The monoisotopic (exact) mass is 472 g/mol. The molecular weight excluding hydrogens is 428 g/mol. The summed E-state index contributed by atoms with van der Waals surface area (Å²) in [7, 11) is 0. The Bertz CT molecular complexity index is 894. The molecule has 0 fully saturated rings. The number of carbonyl (C=O) groups is 1. The Kier molecular flexibility index (Phi) is 8.38. The van der Waals surface area contributed by atoms with Gasteiger partial charge in [0.1, 0.15) is 23.2 Å². The van der Waals surface area contributed by atoms with Crippen LogP contribution in [0.2, 0.25) is 0 Å². The van der Waals surface area contributed by atoms with Crippen LogP contribution in [0.4, 0.5) is 0 Å². The van der Waals surface area contributed by atoms with Crippen LogP contribution < -0.4 is 4.74 Å². The zero-order valence-corrected chi connectivity index (χ0v) is 21.9. The number of esters is 1. The molecule has 0 aromatic heterocycles. The van der Waals surface area contributed by atoms with Crippen molar-refractivity contribution in [3.63, 3.8) is 0 Å². The number of aromatic hydroxyl groups is 1. The minimum atomic E-state index is -0.486. The molecule has 2 N–H and O–H groups in total. The van der Waals surface area contributed by atoms with Crippen LogP contribution in [0.15, 0.2) is 23.8 Å². The first kappa shape index (κ1) is 26.6. The van der Waals surface area contributed by atoms with Crippen LogP contribution >= 0.6 is 0 Å². The Morgan fingerprint density at radius 1 is 1.24 bits per heavy atom. The molecule has 0 bridgehead atoms. The molecule has 0 radical (unpaired) electrons. The number of hydrogen-bond acceptors (Lipinski definition) is 5. The molecule has 1 aromatic rings. The molecule has 1 aliphatic heterocycles. The molecule has 0 saturated heterocycles. The number of phenols is 1. The molecule has 1 aromatic carbocycles. The lowest BCUT2D eigenvalue weighted by Gasteiger charge is -2.47. The number of fused-ring (bicyclic) bond motifs is 3. The third-order valence-electron chi connectivity index (χ3n) is 7.93. The number of benzene rings is 1. The number of aliphatic hydroxyl groups excluding tert-OH is 1. The highest BCUT2D eigenvalue weighted by atomic mass is 16.6.